The van der Waals surface area contributed by atoms with Crippen molar-refractivity contribution in [2.75, 3.05) is 0 Å². The first kappa shape index (κ1) is 16.0. The molecular weight excluding hydrogens is 312 g/mol. The lowest BCUT2D eigenvalue weighted by molar-refractivity contribution is -0.224. The molecule has 6 nitrogen and oxygen atoms in total. The summed E-state index contributed by atoms with van der Waals surface area (Å²) in [6.07, 6.45) is 6.38. The third kappa shape index (κ3) is 2.31. The van der Waals surface area contributed by atoms with E-state index in [4.69, 9.17) is 18.9 Å². The van der Waals surface area contributed by atoms with E-state index in [1.54, 1.807) is 0 Å². The Morgan fingerprint density at radius 3 is 1.21 bits per heavy atom. The van der Waals surface area contributed by atoms with Crippen molar-refractivity contribution in [1.82, 2.24) is 0 Å². The monoisotopic (exact) mass is 340 g/mol. The van der Waals surface area contributed by atoms with E-state index >= 15 is 0 Å². The fourth-order valence-electron chi connectivity index (χ4n) is 5.39. The van der Waals surface area contributed by atoms with Gasteiger partial charge in [0.15, 0.2) is 11.6 Å². The van der Waals surface area contributed by atoms with Crippen molar-refractivity contribution in [2.45, 2.75) is 112 Å². The molecule has 0 bridgehead atoms. The molecule has 5 fully saturated rings. The summed E-state index contributed by atoms with van der Waals surface area (Å²) in [4.78, 5) is 0. The maximum atomic E-state index is 10.6. The van der Waals surface area contributed by atoms with Crippen LogP contribution in [0.2, 0.25) is 0 Å². The third-order valence-electron chi connectivity index (χ3n) is 6.63. The van der Waals surface area contributed by atoms with E-state index in [0.29, 0.717) is 0 Å². The summed E-state index contributed by atoms with van der Waals surface area (Å²) in [5.41, 5.74) is 0. The predicted octanol–water partition coefficient (Wildman–Crippen LogP) is 1.61. The zero-order valence-corrected chi connectivity index (χ0v) is 14.1. The van der Waals surface area contributed by atoms with Crippen LogP contribution in [0.4, 0.5) is 0 Å². The highest BCUT2D eigenvalue weighted by Gasteiger charge is 2.65. The second-order valence-electron chi connectivity index (χ2n) is 8.25. The molecule has 2 N–H and O–H groups in total. The maximum Gasteiger partial charge on any atom is 0.169 e. The van der Waals surface area contributed by atoms with Gasteiger partial charge in [-0.25, -0.2) is 0 Å². The van der Waals surface area contributed by atoms with Crippen LogP contribution in [0.15, 0.2) is 0 Å². The van der Waals surface area contributed by atoms with E-state index in [1.165, 1.54) is 12.8 Å². The smallest absolute Gasteiger partial charge is 0.169 e. The molecule has 0 radical (unpaired) electrons. The van der Waals surface area contributed by atoms with Crippen molar-refractivity contribution in [2.24, 2.45) is 0 Å². The SMILES string of the molecule is O[C@H]1[C@H](O)[C@@H]2OC3(CCCCC3)O[C@@H]2[C@@H]2OC3(CCCCC3)O[C@H]12. The van der Waals surface area contributed by atoms with Crippen molar-refractivity contribution in [3.63, 3.8) is 0 Å². The van der Waals surface area contributed by atoms with Crippen LogP contribution in [0.3, 0.4) is 0 Å². The van der Waals surface area contributed by atoms with Crippen molar-refractivity contribution in [1.29, 1.82) is 0 Å². The summed E-state index contributed by atoms with van der Waals surface area (Å²) in [6, 6.07) is 0. The molecule has 0 aromatic carbocycles. The van der Waals surface area contributed by atoms with Gasteiger partial charge in [-0.3, -0.25) is 0 Å². The lowest BCUT2D eigenvalue weighted by atomic mass is 9.85. The minimum absolute atomic E-state index is 0.354. The number of hydrogen-bond donors (Lipinski definition) is 2. The van der Waals surface area contributed by atoms with Crippen LogP contribution in [0.25, 0.3) is 0 Å². The van der Waals surface area contributed by atoms with Crippen LogP contribution in [0.1, 0.15) is 64.2 Å². The molecule has 3 aliphatic carbocycles. The van der Waals surface area contributed by atoms with Crippen LogP contribution in [0, 0.1) is 0 Å². The molecule has 2 heterocycles. The highest BCUT2D eigenvalue weighted by atomic mass is 16.8. The molecule has 136 valence electrons. The molecule has 2 saturated heterocycles. The van der Waals surface area contributed by atoms with Crippen LogP contribution in [-0.2, 0) is 18.9 Å². The highest BCUT2D eigenvalue weighted by Crippen LogP contribution is 2.51. The molecule has 5 aliphatic rings. The fourth-order valence-corrected chi connectivity index (χ4v) is 5.39. The summed E-state index contributed by atoms with van der Waals surface area (Å²) >= 11 is 0. The van der Waals surface area contributed by atoms with E-state index in [-0.39, 0.29) is 12.2 Å². The topological polar surface area (TPSA) is 77.4 Å². The first-order valence-electron chi connectivity index (χ1n) is 9.69. The Kier molecular flexibility index (Phi) is 3.75. The van der Waals surface area contributed by atoms with Gasteiger partial charge < -0.3 is 29.2 Å². The quantitative estimate of drug-likeness (QED) is 0.698. The van der Waals surface area contributed by atoms with Gasteiger partial charge in [-0.2, -0.15) is 0 Å². The molecule has 0 aromatic heterocycles. The van der Waals surface area contributed by atoms with Crippen LogP contribution >= 0.6 is 0 Å². The molecule has 2 aliphatic heterocycles. The van der Waals surface area contributed by atoms with E-state index < -0.39 is 36.0 Å². The fraction of sp³-hybridized carbons (Fsp3) is 1.00. The predicted molar refractivity (Wildman–Crippen MR) is 83.1 cm³/mol. The Bertz CT molecular complexity index is 440. The van der Waals surface area contributed by atoms with Gasteiger partial charge in [-0.15, -0.1) is 0 Å². The largest absolute Gasteiger partial charge is 0.387 e. The van der Waals surface area contributed by atoms with E-state index in [0.717, 1.165) is 51.4 Å². The van der Waals surface area contributed by atoms with Gasteiger partial charge in [-0.05, 0) is 25.7 Å². The molecule has 2 spiro atoms. The second-order valence-corrected chi connectivity index (χ2v) is 8.25. The van der Waals surface area contributed by atoms with Gasteiger partial charge in [0, 0.05) is 25.7 Å². The van der Waals surface area contributed by atoms with Gasteiger partial charge in [0.1, 0.15) is 36.6 Å². The third-order valence-corrected chi connectivity index (χ3v) is 6.63. The Morgan fingerprint density at radius 1 is 0.500 bits per heavy atom. The van der Waals surface area contributed by atoms with Gasteiger partial charge in [0.2, 0.25) is 0 Å². The van der Waals surface area contributed by atoms with Crippen molar-refractivity contribution >= 4 is 0 Å². The Morgan fingerprint density at radius 2 is 0.833 bits per heavy atom. The Balaban J connectivity index is 1.42. The Labute approximate surface area is 142 Å². The number of ether oxygens (including phenoxy) is 4. The molecule has 5 rings (SSSR count). The van der Waals surface area contributed by atoms with E-state index in [9.17, 15) is 10.2 Å². The average Bonchev–Trinajstić information content (AvgIpc) is 3.14. The minimum Gasteiger partial charge on any atom is -0.387 e. The van der Waals surface area contributed by atoms with Crippen molar-refractivity contribution < 1.29 is 29.2 Å². The summed E-state index contributed by atoms with van der Waals surface area (Å²) < 4.78 is 25.1. The summed E-state index contributed by atoms with van der Waals surface area (Å²) in [7, 11) is 0. The lowest BCUT2D eigenvalue weighted by Gasteiger charge is -2.38. The van der Waals surface area contributed by atoms with Crippen LogP contribution in [0.5, 0.6) is 0 Å². The van der Waals surface area contributed by atoms with Gasteiger partial charge in [-0.1, -0.05) is 12.8 Å². The Hall–Kier alpha value is -0.240. The number of rotatable bonds is 0. The van der Waals surface area contributed by atoms with Gasteiger partial charge >= 0.3 is 0 Å². The first-order valence-corrected chi connectivity index (χ1v) is 9.69. The van der Waals surface area contributed by atoms with Crippen molar-refractivity contribution in [3.8, 4) is 0 Å². The number of aliphatic hydroxyl groups is 2. The first-order chi connectivity index (χ1) is 11.6. The zero-order valence-electron chi connectivity index (χ0n) is 14.1. The number of aliphatic hydroxyl groups excluding tert-OH is 2. The minimum atomic E-state index is -0.986. The number of fused-ring (bicyclic) bond motifs is 3. The molecule has 24 heavy (non-hydrogen) atoms. The summed E-state index contributed by atoms with van der Waals surface area (Å²) in [5.74, 6) is -1.20. The lowest BCUT2D eigenvalue weighted by Crippen LogP contribution is -2.61. The molecule has 0 aromatic rings. The molecule has 6 atom stereocenters. The van der Waals surface area contributed by atoms with Gasteiger partial charge in [0.25, 0.3) is 0 Å². The maximum absolute atomic E-state index is 10.6. The summed E-state index contributed by atoms with van der Waals surface area (Å²) in [5, 5.41) is 21.2. The normalized spacial score (nSPS) is 49.2. The molecule has 6 heteroatoms. The molecular formula is C18H28O6. The molecule has 3 saturated carbocycles. The number of hydrogen-bond acceptors (Lipinski definition) is 6. The van der Waals surface area contributed by atoms with E-state index in [2.05, 4.69) is 0 Å². The molecule has 0 unspecified atom stereocenters. The standard InChI is InChI=1S/C18H28O6/c19-11-12(20)14-16(24-18(22-14)9-5-2-6-10-18)15-13(11)21-17(23-15)7-3-1-4-8-17/h11-16,19-20H,1-10H2/t11-,12-,13-,14+,15-,16+/m0/s1. The molecule has 0 amide bonds. The highest BCUT2D eigenvalue weighted by molar-refractivity contribution is 5.09. The average molecular weight is 340 g/mol. The van der Waals surface area contributed by atoms with Crippen LogP contribution < -0.4 is 0 Å². The van der Waals surface area contributed by atoms with Crippen LogP contribution in [-0.4, -0.2) is 58.4 Å². The van der Waals surface area contributed by atoms with Crippen molar-refractivity contribution in [3.05, 3.63) is 0 Å². The van der Waals surface area contributed by atoms with E-state index in [1.807, 2.05) is 0 Å². The van der Waals surface area contributed by atoms with Gasteiger partial charge in [0.05, 0.1) is 0 Å². The second kappa shape index (κ2) is 5.63. The summed E-state index contributed by atoms with van der Waals surface area (Å²) in [6.45, 7) is 0. The zero-order chi connectivity index (χ0) is 16.4.